The van der Waals surface area contributed by atoms with Crippen molar-refractivity contribution in [2.24, 2.45) is 0 Å². The summed E-state index contributed by atoms with van der Waals surface area (Å²) < 4.78 is 5.57. The van der Waals surface area contributed by atoms with Crippen molar-refractivity contribution < 1.29 is 9.53 Å². The highest BCUT2D eigenvalue weighted by atomic mass is 16.6. The second-order valence-electron chi connectivity index (χ2n) is 7.13. The molecule has 2 fully saturated rings. The monoisotopic (exact) mass is 273 g/mol. The van der Waals surface area contributed by atoms with Gasteiger partial charge < -0.3 is 9.64 Å². The van der Waals surface area contributed by atoms with E-state index in [1.165, 1.54) is 5.56 Å². The lowest BCUT2D eigenvalue weighted by Gasteiger charge is -2.28. The van der Waals surface area contributed by atoms with E-state index >= 15 is 0 Å². The van der Waals surface area contributed by atoms with Crippen molar-refractivity contribution in [2.45, 2.75) is 57.1 Å². The van der Waals surface area contributed by atoms with Gasteiger partial charge in [-0.3, -0.25) is 0 Å². The molecule has 1 aliphatic heterocycles. The zero-order valence-electron chi connectivity index (χ0n) is 12.6. The number of carbonyl (C=O) groups excluding carboxylic acids is 1. The Balaban J connectivity index is 1.75. The van der Waals surface area contributed by atoms with E-state index in [2.05, 4.69) is 24.3 Å². The number of hydrogen-bond donors (Lipinski definition) is 0. The molecule has 0 radical (unpaired) electrons. The lowest BCUT2D eigenvalue weighted by Crippen LogP contribution is -2.41. The Labute approximate surface area is 120 Å². The van der Waals surface area contributed by atoms with Crippen molar-refractivity contribution in [1.82, 2.24) is 4.90 Å². The minimum absolute atomic E-state index is 0.0862. The molecule has 1 aliphatic carbocycles. The second kappa shape index (κ2) is 4.51. The Morgan fingerprint density at radius 3 is 2.45 bits per heavy atom. The third-order valence-corrected chi connectivity index (χ3v) is 4.31. The molecule has 20 heavy (non-hydrogen) atoms. The van der Waals surface area contributed by atoms with Gasteiger partial charge in [0.15, 0.2) is 0 Å². The molecule has 108 valence electrons. The Bertz CT molecular complexity index is 499. The van der Waals surface area contributed by atoms with Crippen molar-refractivity contribution >= 4 is 6.09 Å². The molecule has 3 rings (SSSR count). The van der Waals surface area contributed by atoms with Gasteiger partial charge in [0.25, 0.3) is 0 Å². The average Bonchev–Trinajstić information content (AvgIpc) is 3.01. The van der Waals surface area contributed by atoms with Crippen LogP contribution in [0, 0.1) is 0 Å². The van der Waals surface area contributed by atoms with E-state index in [9.17, 15) is 4.79 Å². The van der Waals surface area contributed by atoms with E-state index < -0.39 is 5.60 Å². The smallest absolute Gasteiger partial charge is 0.410 e. The first-order valence-corrected chi connectivity index (χ1v) is 7.45. The molecular weight excluding hydrogens is 250 g/mol. The minimum Gasteiger partial charge on any atom is -0.444 e. The summed E-state index contributed by atoms with van der Waals surface area (Å²) >= 11 is 0. The first kappa shape index (κ1) is 13.5. The van der Waals surface area contributed by atoms with Crippen LogP contribution in [-0.2, 0) is 4.74 Å². The summed E-state index contributed by atoms with van der Waals surface area (Å²) in [6, 6.07) is 10.5. The van der Waals surface area contributed by atoms with Crippen LogP contribution in [0.25, 0.3) is 0 Å². The lowest BCUT2D eigenvalue weighted by atomic mass is 9.96. The molecule has 1 saturated carbocycles. The molecule has 1 saturated heterocycles. The van der Waals surface area contributed by atoms with Crippen LogP contribution >= 0.6 is 0 Å². The Morgan fingerprint density at radius 2 is 1.90 bits per heavy atom. The summed E-state index contributed by atoms with van der Waals surface area (Å²) in [6.07, 6.45) is 3.18. The van der Waals surface area contributed by atoms with Crippen LogP contribution in [0.2, 0.25) is 0 Å². The van der Waals surface area contributed by atoms with Crippen molar-refractivity contribution in [3.05, 3.63) is 35.9 Å². The third-order valence-electron chi connectivity index (χ3n) is 4.31. The summed E-state index contributed by atoms with van der Waals surface area (Å²) in [5.41, 5.74) is 1.01. The maximum absolute atomic E-state index is 12.4. The predicted octanol–water partition coefficient (Wildman–Crippen LogP) is 3.94. The average molecular weight is 273 g/mol. The second-order valence-corrected chi connectivity index (χ2v) is 7.13. The van der Waals surface area contributed by atoms with Crippen LogP contribution in [0.3, 0.4) is 0 Å². The molecule has 0 aromatic heterocycles. The molecular formula is C17H23NO2. The number of likely N-dealkylation sites (tertiary alicyclic amines) is 1. The summed E-state index contributed by atoms with van der Waals surface area (Å²) in [5.74, 6) is 0.450. The van der Waals surface area contributed by atoms with Crippen molar-refractivity contribution in [1.29, 1.82) is 0 Å². The molecule has 1 heterocycles. The van der Waals surface area contributed by atoms with Gasteiger partial charge in [-0.1, -0.05) is 30.3 Å². The molecule has 1 unspecified atom stereocenters. The van der Waals surface area contributed by atoms with Gasteiger partial charge in [0.2, 0.25) is 0 Å². The molecule has 0 bridgehead atoms. The van der Waals surface area contributed by atoms with E-state index in [1.54, 1.807) is 0 Å². The largest absolute Gasteiger partial charge is 0.444 e. The third kappa shape index (κ3) is 2.54. The maximum Gasteiger partial charge on any atom is 0.410 e. The van der Waals surface area contributed by atoms with Gasteiger partial charge >= 0.3 is 6.09 Å². The quantitative estimate of drug-likeness (QED) is 0.775. The molecule has 1 aromatic carbocycles. The highest BCUT2D eigenvalue weighted by Gasteiger charge is 2.57. The van der Waals surface area contributed by atoms with Gasteiger partial charge in [-0.2, -0.15) is 0 Å². The molecule has 1 aromatic rings. The zero-order valence-corrected chi connectivity index (χ0v) is 12.6. The van der Waals surface area contributed by atoms with Gasteiger partial charge in [0.05, 0.1) is 0 Å². The standard InChI is InChI=1S/C17H23NO2/c1-16(2,3)20-15(19)18-12-14(11-17(18)9-10-17)13-7-5-4-6-8-13/h4-8,14H,9-12H2,1-3H3. The van der Waals surface area contributed by atoms with Crippen molar-refractivity contribution in [3.63, 3.8) is 0 Å². The highest BCUT2D eigenvalue weighted by molar-refractivity contribution is 5.70. The molecule has 2 aliphatic rings. The first-order chi connectivity index (χ1) is 9.40. The number of amides is 1. The van der Waals surface area contributed by atoms with Crippen LogP contribution in [0.4, 0.5) is 4.79 Å². The zero-order chi connectivity index (χ0) is 14.4. The number of hydrogen-bond acceptors (Lipinski definition) is 2. The fourth-order valence-corrected chi connectivity index (χ4v) is 3.20. The van der Waals surface area contributed by atoms with Gasteiger partial charge in [0, 0.05) is 18.0 Å². The van der Waals surface area contributed by atoms with Gasteiger partial charge in [-0.25, -0.2) is 4.79 Å². The van der Waals surface area contributed by atoms with E-state index in [0.717, 1.165) is 25.8 Å². The van der Waals surface area contributed by atoms with Crippen LogP contribution < -0.4 is 0 Å². The van der Waals surface area contributed by atoms with Gasteiger partial charge in [0.1, 0.15) is 5.60 Å². The topological polar surface area (TPSA) is 29.5 Å². The fourth-order valence-electron chi connectivity index (χ4n) is 3.20. The predicted molar refractivity (Wildman–Crippen MR) is 78.7 cm³/mol. The Hall–Kier alpha value is -1.51. The summed E-state index contributed by atoms with van der Waals surface area (Å²) in [4.78, 5) is 14.4. The molecule has 3 heteroatoms. The molecule has 1 amide bonds. The van der Waals surface area contributed by atoms with Crippen LogP contribution in [0.5, 0.6) is 0 Å². The number of nitrogens with zero attached hydrogens (tertiary/aromatic N) is 1. The Kier molecular flexibility index (Phi) is 3.03. The summed E-state index contributed by atoms with van der Waals surface area (Å²) in [6.45, 7) is 6.57. The van der Waals surface area contributed by atoms with E-state index in [1.807, 2.05) is 31.7 Å². The van der Waals surface area contributed by atoms with Gasteiger partial charge in [-0.15, -0.1) is 0 Å². The summed E-state index contributed by atoms with van der Waals surface area (Å²) in [7, 11) is 0. The SMILES string of the molecule is CC(C)(C)OC(=O)N1CC(c2ccccc2)CC12CC2. The van der Waals surface area contributed by atoms with E-state index in [4.69, 9.17) is 4.74 Å². The Morgan fingerprint density at radius 1 is 1.25 bits per heavy atom. The van der Waals surface area contributed by atoms with Gasteiger partial charge in [-0.05, 0) is 45.6 Å². The molecule has 3 nitrogen and oxygen atoms in total. The number of benzene rings is 1. The fraction of sp³-hybridized carbons (Fsp3) is 0.588. The number of ether oxygens (including phenoxy) is 1. The lowest BCUT2D eigenvalue weighted by molar-refractivity contribution is 0.0202. The normalized spacial score (nSPS) is 23.9. The minimum atomic E-state index is -0.419. The van der Waals surface area contributed by atoms with E-state index in [0.29, 0.717) is 5.92 Å². The first-order valence-electron chi connectivity index (χ1n) is 7.45. The van der Waals surface area contributed by atoms with Crippen molar-refractivity contribution in [2.75, 3.05) is 6.54 Å². The van der Waals surface area contributed by atoms with Crippen molar-refractivity contribution in [3.8, 4) is 0 Å². The van der Waals surface area contributed by atoms with Crippen LogP contribution in [-0.4, -0.2) is 28.7 Å². The summed E-state index contributed by atoms with van der Waals surface area (Å²) in [5, 5.41) is 0. The molecule has 0 N–H and O–H groups in total. The van der Waals surface area contributed by atoms with E-state index in [-0.39, 0.29) is 11.6 Å². The number of rotatable bonds is 1. The number of carbonyl (C=O) groups is 1. The highest BCUT2D eigenvalue weighted by Crippen LogP contribution is 2.54. The van der Waals surface area contributed by atoms with Crippen LogP contribution in [0.1, 0.15) is 51.5 Å². The molecule has 1 atom stereocenters. The maximum atomic E-state index is 12.4. The molecule has 1 spiro atoms. The van der Waals surface area contributed by atoms with Crippen LogP contribution in [0.15, 0.2) is 30.3 Å².